The number of nitrogens with two attached hydrogens (primary N) is 1. The number of hydrogen-bond donors (Lipinski definition) is 1. The van der Waals surface area contributed by atoms with Crippen LogP contribution in [0.2, 0.25) is 0 Å². The Morgan fingerprint density at radius 1 is 1.14 bits per heavy atom. The molecule has 4 nitrogen and oxygen atoms in total. The van der Waals surface area contributed by atoms with E-state index in [4.69, 9.17) is 15.2 Å². The lowest BCUT2D eigenvalue weighted by Gasteiger charge is -2.21. The van der Waals surface area contributed by atoms with E-state index in [2.05, 4.69) is 20.8 Å². The van der Waals surface area contributed by atoms with Crippen LogP contribution in [0.1, 0.15) is 0 Å². The topological polar surface area (TPSA) is 47.7 Å². The summed E-state index contributed by atoms with van der Waals surface area (Å²) in [5.74, 6) is 1.49. The molecule has 0 aliphatic carbocycles. The quantitative estimate of drug-likeness (QED) is 0.809. The van der Waals surface area contributed by atoms with Gasteiger partial charge in [-0.3, -0.25) is 0 Å². The molecule has 21 heavy (non-hydrogen) atoms. The molecule has 0 bridgehead atoms. The molecule has 0 saturated carbocycles. The number of nitrogens with zero attached hydrogens (tertiary/aromatic N) is 1. The smallest absolute Gasteiger partial charge is 0.161 e. The van der Waals surface area contributed by atoms with E-state index in [0.29, 0.717) is 6.61 Å². The lowest BCUT2D eigenvalue weighted by molar-refractivity contribution is 0.301. The molecular formula is C16H19BrN2O2. The van der Waals surface area contributed by atoms with Crippen LogP contribution in [0.3, 0.4) is 0 Å². The van der Waals surface area contributed by atoms with Crippen LogP contribution in [0.4, 0.5) is 11.4 Å². The van der Waals surface area contributed by atoms with E-state index in [-0.39, 0.29) is 0 Å². The molecule has 0 saturated heterocycles. The SMILES string of the molecule is COc1ccccc1OCCN(C)c1ccc(Br)cc1N. The zero-order chi connectivity index (χ0) is 15.2. The van der Waals surface area contributed by atoms with Gasteiger partial charge in [-0.25, -0.2) is 0 Å². The first-order chi connectivity index (χ1) is 10.1. The van der Waals surface area contributed by atoms with Gasteiger partial charge < -0.3 is 20.1 Å². The molecule has 0 atom stereocenters. The molecule has 2 aromatic rings. The number of halogens is 1. The van der Waals surface area contributed by atoms with Gasteiger partial charge in [0.15, 0.2) is 11.5 Å². The zero-order valence-corrected chi connectivity index (χ0v) is 13.8. The molecule has 0 unspecified atom stereocenters. The van der Waals surface area contributed by atoms with Crippen LogP contribution in [0.5, 0.6) is 11.5 Å². The van der Waals surface area contributed by atoms with Gasteiger partial charge in [-0.1, -0.05) is 28.1 Å². The van der Waals surface area contributed by atoms with E-state index < -0.39 is 0 Å². The maximum atomic E-state index is 6.02. The number of likely N-dealkylation sites (N-methyl/N-ethyl adjacent to an activating group) is 1. The van der Waals surface area contributed by atoms with Crippen molar-refractivity contribution in [2.24, 2.45) is 0 Å². The molecule has 0 aliphatic heterocycles. The summed E-state index contributed by atoms with van der Waals surface area (Å²) in [5, 5.41) is 0. The van der Waals surface area contributed by atoms with Crippen molar-refractivity contribution in [1.82, 2.24) is 0 Å². The normalized spacial score (nSPS) is 10.2. The highest BCUT2D eigenvalue weighted by molar-refractivity contribution is 9.10. The van der Waals surface area contributed by atoms with Gasteiger partial charge in [0.1, 0.15) is 6.61 Å². The Kier molecular flexibility index (Phi) is 5.33. The standard InChI is InChI=1S/C16H19BrN2O2/c1-19(14-8-7-12(17)11-13(14)18)9-10-21-16-6-4-3-5-15(16)20-2/h3-8,11H,9-10,18H2,1-2H3. The van der Waals surface area contributed by atoms with Crippen molar-refractivity contribution >= 4 is 27.3 Å². The van der Waals surface area contributed by atoms with E-state index in [1.807, 2.05) is 49.5 Å². The number of ether oxygens (including phenoxy) is 2. The van der Waals surface area contributed by atoms with Crippen LogP contribution in [0, 0.1) is 0 Å². The number of anilines is 2. The van der Waals surface area contributed by atoms with Crippen molar-refractivity contribution in [1.29, 1.82) is 0 Å². The molecule has 2 aromatic carbocycles. The van der Waals surface area contributed by atoms with E-state index >= 15 is 0 Å². The molecule has 0 aromatic heterocycles. The van der Waals surface area contributed by atoms with Crippen LogP contribution in [0.15, 0.2) is 46.9 Å². The van der Waals surface area contributed by atoms with Gasteiger partial charge in [0, 0.05) is 11.5 Å². The molecule has 0 aliphatic rings. The average Bonchev–Trinajstić information content (AvgIpc) is 2.47. The number of benzene rings is 2. The Balaban J connectivity index is 1.93. The number of para-hydroxylation sites is 2. The van der Waals surface area contributed by atoms with Gasteiger partial charge in [-0.2, -0.15) is 0 Å². The van der Waals surface area contributed by atoms with Gasteiger partial charge in [-0.05, 0) is 30.3 Å². The van der Waals surface area contributed by atoms with Crippen molar-refractivity contribution < 1.29 is 9.47 Å². The minimum atomic E-state index is 0.548. The van der Waals surface area contributed by atoms with E-state index in [1.165, 1.54) is 0 Å². The summed E-state index contributed by atoms with van der Waals surface area (Å²) >= 11 is 3.41. The molecule has 0 amide bonds. The van der Waals surface area contributed by atoms with Gasteiger partial charge in [0.2, 0.25) is 0 Å². The highest BCUT2D eigenvalue weighted by Gasteiger charge is 2.07. The Morgan fingerprint density at radius 2 is 1.86 bits per heavy atom. The van der Waals surface area contributed by atoms with E-state index in [1.54, 1.807) is 7.11 Å². The molecule has 0 spiro atoms. The summed E-state index contributed by atoms with van der Waals surface area (Å²) < 4.78 is 12.0. The van der Waals surface area contributed by atoms with Crippen LogP contribution < -0.4 is 20.1 Å². The maximum absolute atomic E-state index is 6.02. The third-order valence-electron chi connectivity index (χ3n) is 3.15. The average molecular weight is 351 g/mol. The van der Waals surface area contributed by atoms with Gasteiger partial charge in [0.25, 0.3) is 0 Å². The lowest BCUT2D eigenvalue weighted by atomic mass is 10.2. The summed E-state index contributed by atoms with van der Waals surface area (Å²) in [6, 6.07) is 13.5. The van der Waals surface area contributed by atoms with Crippen LogP contribution >= 0.6 is 15.9 Å². The monoisotopic (exact) mass is 350 g/mol. The van der Waals surface area contributed by atoms with Crippen molar-refractivity contribution in [3.8, 4) is 11.5 Å². The summed E-state index contributed by atoms with van der Waals surface area (Å²) in [7, 11) is 3.63. The Labute approximate surface area is 133 Å². The predicted molar refractivity (Wildman–Crippen MR) is 90.3 cm³/mol. The molecule has 0 radical (unpaired) electrons. The van der Waals surface area contributed by atoms with Crippen molar-refractivity contribution in [2.75, 3.05) is 37.9 Å². The minimum Gasteiger partial charge on any atom is -0.493 e. The Morgan fingerprint density at radius 3 is 2.52 bits per heavy atom. The molecule has 0 heterocycles. The highest BCUT2D eigenvalue weighted by Crippen LogP contribution is 2.27. The lowest BCUT2D eigenvalue weighted by Crippen LogP contribution is -2.24. The summed E-state index contributed by atoms with van der Waals surface area (Å²) in [6.07, 6.45) is 0. The van der Waals surface area contributed by atoms with Gasteiger partial charge in [-0.15, -0.1) is 0 Å². The summed E-state index contributed by atoms with van der Waals surface area (Å²) in [4.78, 5) is 2.07. The Bertz CT molecular complexity index is 605. The predicted octanol–water partition coefficient (Wildman–Crippen LogP) is 3.56. The number of hydrogen-bond acceptors (Lipinski definition) is 4. The summed E-state index contributed by atoms with van der Waals surface area (Å²) in [5.41, 5.74) is 7.75. The molecule has 5 heteroatoms. The fraction of sp³-hybridized carbons (Fsp3) is 0.250. The largest absolute Gasteiger partial charge is 0.493 e. The van der Waals surface area contributed by atoms with E-state index in [9.17, 15) is 0 Å². The summed E-state index contributed by atoms with van der Waals surface area (Å²) in [6.45, 7) is 1.27. The first-order valence-electron chi connectivity index (χ1n) is 6.64. The zero-order valence-electron chi connectivity index (χ0n) is 12.2. The molecule has 2 rings (SSSR count). The van der Waals surface area contributed by atoms with Crippen molar-refractivity contribution in [3.05, 3.63) is 46.9 Å². The maximum Gasteiger partial charge on any atom is 0.161 e. The van der Waals surface area contributed by atoms with Crippen molar-refractivity contribution in [3.63, 3.8) is 0 Å². The van der Waals surface area contributed by atoms with Crippen LogP contribution in [-0.2, 0) is 0 Å². The molecule has 112 valence electrons. The highest BCUT2D eigenvalue weighted by atomic mass is 79.9. The second kappa shape index (κ2) is 7.22. The van der Waals surface area contributed by atoms with E-state index in [0.717, 1.165) is 33.9 Å². The number of rotatable bonds is 6. The van der Waals surface area contributed by atoms with Crippen molar-refractivity contribution in [2.45, 2.75) is 0 Å². The molecule has 0 fully saturated rings. The van der Waals surface area contributed by atoms with Crippen LogP contribution in [0.25, 0.3) is 0 Å². The second-order valence-electron chi connectivity index (χ2n) is 4.62. The third kappa shape index (κ3) is 4.04. The molecule has 2 N–H and O–H groups in total. The van der Waals surface area contributed by atoms with Gasteiger partial charge >= 0.3 is 0 Å². The fourth-order valence-corrected chi connectivity index (χ4v) is 2.40. The minimum absolute atomic E-state index is 0.548. The number of methoxy groups -OCH3 is 1. The first-order valence-corrected chi connectivity index (χ1v) is 7.43. The first kappa shape index (κ1) is 15.5. The van der Waals surface area contributed by atoms with Crippen LogP contribution in [-0.4, -0.2) is 27.3 Å². The Hall–Kier alpha value is -1.88. The second-order valence-corrected chi connectivity index (χ2v) is 5.54. The van der Waals surface area contributed by atoms with Gasteiger partial charge in [0.05, 0.1) is 25.0 Å². The third-order valence-corrected chi connectivity index (χ3v) is 3.65. The molecular weight excluding hydrogens is 332 g/mol. The fourth-order valence-electron chi connectivity index (χ4n) is 2.02. The number of nitrogen functional groups attached to an aromatic ring is 1.